The van der Waals surface area contributed by atoms with Crippen LogP contribution >= 0.6 is 0 Å². The van der Waals surface area contributed by atoms with Gasteiger partial charge in [0, 0.05) is 41.6 Å². The van der Waals surface area contributed by atoms with E-state index in [9.17, 15) is 4.21 Å². The molecule has 1 N–H and O–H groups in total. The third-order valence-electron chi connectivity index (χ3n) is 3.67. The molecule has 0 aliphatic heterocycles. The fourth-order valence-corrected chi connectivity index (χ4v) is 3.24. The Hall–Kier alpha value is -0.840. The summed E-state index contributed by atoms with van der Waals surface area (Å²) < 4.78 is 13.3. The van der Waals surface area contributed by atoms with E-state index < -0.39 is 10.8 Å². The number of aryl methyl sites for hydroxylation is 2. The Morgan fingerprint density at radius 1 is 1.42 bits per heavy atom. The topological polar surface area (TPSA) is 46.9 Å². The summed E-state index contributed by atoms with van der Waals surface area (Å²) in [5, 5.41) is 3.58. The standard InChI is InChI=1S/C14H25N3OS/c1-12-11-17(9-6-10-19(2)18)14(15-12)16-13-7-4-3-5-8-13/h11,13H,3-10H2,1-2H3,(H,15,16). The lowest BCUT2D eigenvalue weighted by Gasteiger charge is -2.23. The van der Waals surface area contributed by atoms with E-state index in [-0.39, 0.29) is 0 Å². The predicted octanol–water partition coefficient (Wildman–Crippen LogP) is 2.70. The SMILES string of the molecule is Cc1cn(CCCS(C)=O)c(NC2CCCCC2)n1. The lowest BCUT2D eigenvalue weighted by atomic mass is 9.96. The van der Waals surface area contributed by atoms with Crippen LogP contribution in [-0.2, 0) is 17.3 Å². The van der Waals surface area contributed by atoms with Crippen molar-refractivity contribution in [3.05, 3.63) is 11.9 Å². The Kier molecular flexibility index (Phi) is 5.43. The van der Waals surface area contributed by atoms with Gasteiger partial charge in [0.1, 0.15) is 0 Å². The number of anilines is 1. The minimum absolute atomic E-state index is 0.578. The van der Waals surface area contributed by atoms with Crippen LogP contribution in [0.2, 0.25) is 0 Å². The molecule has 108 valence electrons. The molecule has 1 heterocycles. The summed E-state index contributed by atoms with van der Waals surface area (Å²) in [6.07, 6.45) is 11.3. The quantitative estimate of drug-likeness (QED) is 0.873. The highest BCUT2D eigenvalue weighted by Crippen LogP contribution is 2.21. The molecule has 4 nitrogen and oxygen atoms in total. The van der Waals surface area contributed by atoms with Crippen molar-refractivity contribution in [1.29, 1.82) is 0 Å². The molecule has 5 heteroatoms. The highest BCUT2D eigenvalue weighted by atomic mass is 32.2. The number of imidazole rings is 1. The van der Waals surface area contributed by atoms with Crippen molar-refractivity contribution >= 4 is 16.7 Å². The zero-order valence-corrected chi connectivity index (χ0v) is 12.8. The first-order chi connectivity index (χ1) is 9.15. The van der Waals surface area contributed by atoms with Crippen LogP contribution in [0.3, 0.4) is 0 Å². The van der Waals surface area contributed by atoms with Gasteiger partial charge in [-0.15, -0.1) is 0 Å². The minimum atomic E-state index is -0.699. The molecular weight excluding hydrogens is 258 g/mol. The zero-order valence-electron chi connectivity index (χ0n) is 12.0. The van der Waals surface area contributed by atoms with Gasteiger partial charge in [0.05, 0.1) is 5.69 Å². The molecule has 19 heavy (non-hydrogen) atoms. The number of nitrogens with zero attached hydrogens (tertiary/aromatic N) is 2. The fraction of sp³-hybridized carbons (Fsp3) is 0.786. The molecule has 1 atom stereocenters. The van der Waals surface area contributed by atoms with Gasteiger partial charge in [-0.1, -0.05) is 19.3 Å². The maximum absolute atomic E-state index is 11.1. The van der Waals surface area contributed by atoms with E-state index in [2.05, 4.69) is 21.1 Å². The summed E-state index contributed by atoms with van der Waals surface area (Å²) in [6.45, 7) is 2.93. The Balaban J connectivity index is 1.92. The van der Waals surface area contributed by atoms with E-state index in [0.717, 1.165) is 30.4 Å². The van der Waals surface area contributed by atoms with E-state index in [4.69, 9.17) is 0 Å². The van der Waals surface area contributed by atoms with Crippen molar-refractivity contribution in [3.8, 4) is 0 Å². The van der Waals surface area contributed by atoms with Crippen LogP contribution in [0.1, 0.15) is 44.2 Å². The average Bonchev–Trinajstić information content (AvgIpc) is 2.70. The Labute approximate surface area is 118 Å². The van der Waals surface area contributed by atoms with Gasteiger partial charge in [0.25, 0.3) is 0 Å². The number of hydrogen-bond acceptors (Lipinski definition) is 3. The molecule has 1 fully saturated rings. The maximum atomic E-state index is 11.1. The summed E-state index contributed by atoms with van der Waals surface area (Å²) in [5.74, 6) is 1.76. The maximum Gasteiger partial charge on any atom is 0.203 e. The lowest BCUT2D eigenvalue weighted by Crippen LogP contribution is -2.24. The average molecular weight is 283 g/mol. The van der Waals surface area contributed by atoms with Gasteiger partial charge < -0.3 is 9.88 Å². The van der Waals surface area contributed by atoms with E-state index in [1.165, 1.54) is 32.1 Å². The summed E-state index contributed by atoms with van der Waals surface area (Å²) in [4.78, 5) is 4.58. The molecule has 1 unspecified atom stereocenters. The predicted molar refractivity (Wildman–Crippen MR) is 81.0 cm³/mol. The first-order valence-corrected chi connectivity index (χ1v) is 8.98. The van der Waals surface area contributed by atoms with Crippen molar-refractivity contribution < 1.29 is 4.21 Å². The number of aromatic nitrogens is 2. The van der Waals surface area contributed by atoms with Crippen LogP contribution in [0.25, 0.3) is 0 Å². The van der Waals surface area contributed by atoms with Crippen LogP contribution in [0.15, 0.2) is 6.20 Å². The highest BCUT2D eigenvalue weighted by Gasteiger charge is 2.15. The molecule has 0 amide bonds. The van der Waals surface area contributed by atoms with E-state index >= 15 is 0 Å². The zero-order chi connectivity index (χ0) is 13.7. The van der Waals surface area contributed by atoms with Gasteiger partial charge in [-0.25, -0.2) is 4.98 Å². The Bertz CT molecular complexity index is 424. The van der Waals surface area contributed by atoms with Crippen molar-refractivity contribution in [1.82, 2.24) is 9.55 Å². The number of nitrogens with one attached hydrogen (secondary N) is 1. The van der Waals surface area contributed by atoms with Gasteiger partial charge in [-0.3, -0.25) is 4.21 Å². The summed E-state index contributed by atoms with van der Waals surface area (Å²) in [6, 6.07) is 0.578. The first kappa shape index (κ1) is 14.6. The van der Waals surface area contributed by atoms with Gasteiger partial charge >= 0.3 is 0 Å². The Morgan fingerprint density at radius 3 is 2.84 bits per heavy atom. The lowest BCUT2D eigenvalue weighted by molar-refractivity contribution is 0.458. The van der Waals surface area contributed by atoms with Crippen LogP contribution in [-0.4, -0.2) is 31.8 Å². The van der Waals surface area contributed by atoms with Crippen LogP contribution in [0.5, 0.6) is 0 Å². The van der Waals surface area contributed by atoms with Crippen molar-refractivity contribution in [2.24, 2.45) is 0 Å². The molecule has 0 saturated heterocycles. The largest absolute Gasteiger partial charge is 0.353 e. The molecular formula is C14H25N3OS. The molecule has 1 aromatic heterocycles. The molecule has 1 aromatic rings. The highest BCUT2D eigenvalue weighted by molar-refractivity contribution is 7.84. The van der Waals surface area contributed by atoms with Gasteiger partial charge in [-0.2, -0.15) is 0 Å². The minimum Gasteiger partial charge on any atom is -0.353 e. The molecule has 1 saturated carbocycles. The third-order valence-corrected chi connectivity index (χ3v) is 4.53. The number of hydrogen-bond donors (Lipinski definition) is 1. The monoisotopic (exact) mass is 283 g/mol. The van der Waals surface area contributed by atoms with Gasteiger partial charge in [0.2, 0.25) is 5.95 Å². The third kappa shape index (κ3) is 4.64. The first-order valence-electron chi connectivity index (χ1n) is 7.25. The molecule has 0 bridgehead atoms. The van der Waals surface area contributed by atoms with Crippen LogP contribution < -0.4 is 5.32 Å². The second kappa shape index (κ2) is 7.08. The normalized spacial score (nSPS) is 18.4. The van der Waals surface area contributed by atoms with Crippen molar-refractivity contribution in [2.45, 2.75) is 58.0 Å². The second-order valence-corrected chi connectivity index (χ2v) is 7.06. The summed E-state index contributed by atoms with van der Waals surface area (Å²) in [7, 11) is -0.699. The molecule has 0 radical (unpaired) electrons. The van der Waals surface area contributed by atoms with Crippen molar-refractivity contribution in [3.63, 3.8) is 0 Å². The summed E-state index contributed by atoms with van der Waals surface area (Å²) >= 11 is 0. The van der Waals surface area contributed by atoms with Crippen LogP contribution in [0.4, 0.5) is 5.95 Å². The van der Waals surface area contributed by atoms with E-state index in [0.29, 0.717) is 6.04 Å². The van der Waals surface area contributed by atoms with Gasteiger partial charge in [-0.05, 0) is 26.2 Å². The van der Waals surface area contributed by atoms with E-state index in [1.807, 2.05) is 6.92 Å². The number of rotatable bonds is 6. The fourth-order valence-electron chi connectivity index (χ4n) is 2.70. The Morgan fingerprint density at radius 2 is 2.16 bits per heavy atom. The molecule has 1 aliphatic carbocycles. The molecule has 0 aromatic carbocycles. The van der Waals surface area contributed by atoms with E-state index in [1.54, 1.807) is 6.26 Å². The van der Waals surface area contributed by atoms with Crippen molar-refractivity contribution in [2.75, 3.05) is 17.3 Å². The summed E-state index contributed by atoms with van der Waals surface area (Å²) in [5.41, 5.74) is 1.05. The molecule has 1 aliphatic rings. The van der Waals surface area contributed by atoms with Gasteiger partial charge in [0.15, 0.2) is 0 Å². The van der Waals surface area contributed by atoms with Crippen LogP contribution in [0, 0.1) is 6.92 Å². The second-order valence-electron chi connectivity index (χ2n) is 5.51. The molecule has 2 rings (SSSR count). The smallest absolute Gasteiger partial charge is 0.203 e. The molecule has 0 spiro atoms.